The summed E-state index contributed by atoms with van der Waals surface area (Å²) in [6.45, 7) is 4.39. The molecule has 0 unspecified atom stereocenters. The fourth-order valence-corrected chi connectivity index (χ4v) is 32.5. The van der Waals surface area contributed by atoms with Gasteiger partial charge in [-0.3, -0.25) is 0 Å². The van der Waals surface area contributed by atoms with Crippen LogP contribution in [0.15, 0.2) is 91.0 Å². The zero-order valence-electron chi connectivity index (χ0n) is 27.1. The molecule has 0 fully saturated rings. The van der Waals surface area contributed by atoms with Crippen LogP contribution < -0.4 is 10.4 Å². The van der Waals surface area contributed by atoms with Crippen LogP contribution in [0.25, 0.3) is 0 Å². The third-order valence-electron chi connectivity index (χ3n) is 6.99. The number of rotatable bonds is 27. The Labute approximate surface area is 299 Å². The normalized spacial score (nSPS) is 14.5. The smallest absolute Gasteiger partial charge is 0.318 e. The van der Waals surface area contributed by atoms with Crippen LogP contribution in [0.4, 0.5) is 0 Å². The zero-order valence-corrected chi connectivity index (χ0v) is 43.9. The Bertz CT molecular complexity index is 1120. The first kappa shape index (κ1) is 40.3. The van der Waals surface area contributed by atoms with Gasteiger partial charge in [-0.15, -0.1) is 0 Å². The van der Waals surface area contributed by atoms with Crippen LogP contribution in [0.3, 0.4) is 0 Å². The van der Waals surface area contributed by atoms with Crippen molar-refractivity contribution in [2.24, 2.45) is 0 Å². The Morgan fingerprint density at radius 2 is 0.870 bits per heavy atom. The van der Waals surface area contributed by atoms with Crippen molar-refractivity contribution in [1.82, 2.24) is 0 Å². The summed E-state index contributed by atoms with van der Waals surface area (Å²) in [6, 6.07) is 34.8. The summed E-state index contributed by atoms with van der Waals surface area (Å²) >= 11 is 0. The minimum Gasteiger partial charge on any atom is -0.449 e. The third kappa shape index (κ3) is 14.7. The van der Waals surface area contributed by atoms with E-state index in [1.165, 1.54) is 15.9 Å². The highest BCUT2D eigenvalue weighted by Crippen LogP contribution is 2.26. The molecule has 0 aromatic heterocycles. The lowest BCUT2D eigenvalue weighted by molar-refractivity contribution is 0.341. The van der Waals surface area contributed by atoms with Gasteiger partial charge in [-0.05, 0) is 34.1 Å². The van der Waals surface area contributed by atoms with Crippen molar-refractivity contribution in [3.8, 4) is 0 Å². The van der Waals surface area contributed by atoms with Gasteiger partial charge in [-0.1, -0.05) is 105 Å². The average Bonchev–Trinajstić information content (AvgIpc) is 3.11. The molecule has 254 valence electrons. The highest BCUT2D eigenvalue weighted by atomic mass is 28.5. The van der Waals surface area contributed by atoms with E-state index in [2.05, 4.69) is 105 Å². The first-order valence-corrected chi connectivity index (χ1v) is 30.8. The molecule has 3 aromatic carbocycles. The predicted molar refractivity (Wildman–Crippen MR) is 214 cm³/mol. The standard InChI is InChI=1S/C23H48O11Si12/c1-3-45(4-2,33-44-32-43-31-42-30-41-29-40-28-39-27-38-26-37-25-36-24-35)34-46(22-16-10-6-11-17-22,23-18-12-7-13-19-23)20-21-14-8-5-9-15-21/h5-19H,3-4,20,36-44H2,1-2,35H3. The molecule has 0 N–H and O–H groups in total. The lowest BCUT2D eigenvalue weighted by Crippen LogP contribution is -2.68. The molecular formula is C23H48O11Si12. The van der Waals surface area contributed by atoms with E-state index in [1.54, 1.807) is 0 Å². The van der Waals surface area contributed by atoms with Gasteiger partial charge in [0.15, 0.2) is 0 Å². The van der Waals surface area contributed by atoms with Gasteiger partial charge in [-0.25, -0.2) is 0 Å². The van der Waals surface area contributed by atoms with E-state index in [1.807, 2.05) is 0 Å². The van der Waals surface area contributed by atoms with Crippen molar-refractivity contribution in [3.63, 3.8) is 0 Å². The van der Waals surface area contributed by atoms with Crippen LogP contribution in [0.2, 0.25) is 12.1 Å². The molecule has 0 bridgehead atoms. The lowest BCUT2D eigenvalue weighted by atomic mass is 10.2. The zero-order chi connectivity index (χ0) is 32.6. The van der Waals surface area contributed by atoms with E-state index in [-0.39, 0.29) is 0 Å². The lowest BCUT2D eigenvalue weighted by Gasteiger charge is -2.42. The summed E-state index contributed by atoms with van der Waals surface area (Å²) < 4.78 is 64.3. The maximum atomic E-state index is 7.57. The van der Waals surface area contributed by atoms with Crippen molar-refractivity contribution in [2.45, 2.75) is 32.0 Å². The van der Waals surface area contributed by atoms with Gasteiger partial charge in [0.05, 0.1) is 0 Å². The molecule has 0 spiro atoms. The summed E-state index contributed by atoms with van der Waals surface area (Å²) in [4.78, 5) is 0. The van der Waals surface area contributed by atoms with Crippen LogP contribution in [0.1, 0.15) is 19.4 Å². The quantitative estimate of drug-likeness (QED) is 0.0544. The second-order valence-electron chi connectivity index (χ2n) is 10.1. The first-order chi connectivity index (χ1) is 22.7. The highest BCUT2D eigenvalue weighted by Gasteiger charge is 2.48. The van der Waals surface area contributed by atoms with Gasteiger partial charge in [0, 0.05) is 0 Å². The Kier molecular flexibility index (Phi) is 21.8. The Morgan fingerprint density at radius 3 is 1.26 bits per heavy atom. The van der Waals surface area contributed by atoms with E-state index in [4.69, 9.17) is 45.3 Å². The summed E-state index contributed by atoms with van der Waals surface area (Å²) in [5, 5.41) is 2.52. The highest BCUT2D eigenvalue weighted by molar-refractivity contribution is 7.01. The third-order valence-corrected chi connectivity index (χ3v) is 29.6. The minimum absolute atomic E-state index is 0.735. The molecule has 0 saturated heterocycles. The predicted octanol–water partition coefficient (Wildman–Crippen LogP) is -5.54. The molecule has 46 heavy (non-hydrogen) atoms. The second-order valence-corrected chi connectivity index (χ2v) is 35.9. The molecular weight excluding hydrogens is 789 g/mol. The van der Waals surface area contributed by atoms with Crippen molar-refractivity contribution in [1.29, 1.82) is 0 Å². The van der Waals surface area contributed by atoms with E-state index in [0.717, 1.165) is 28.6 Å². The molecule has 23 heteroatoms. The van der Waals surface area contributed by atoms with Gasteiger partial charge in [0.25, 0.3) is 98.4 Å². The van der Waals surface area contributed by atoms with E-state index in [0.29, 0.717) is 0 Å². The molecule has 0 saturated carbocycles. The van der Waals surface area contributed by atoms with Crippen LogP contribution in [0.5, 0.6) is 0 Å². The molecule has 0 aliphatic rings. The van der Waals surface area contributed by atoms with Gasteiger partial charge in [0.1, 0.15) is 10.5 Å². The van der Waals surface area contributed by atoms with E-state index >= 15 is 0 Å². The van der Waals surface area contributed by atoms with Gasteiger partial charge < -0.3 is 45.3 Å². The van der Waals surface area contributed by atoms with Crippen LogP contribution in [-0.4, -0.2) is 117 Å². The summed E-state index contributed by atoms with van der Waals surface area (Å²) in [6.07, 6.45) is 0. The van der Waals surface area contributed by atoms with Gasteiger partial charge in [-0.2, -0.15) is 0 Å². The van der Waals surface area contributed by atoms with Crippen molar-refractivity contribution in [2.75, 3.05) is 0 Å². The fourth-order valence-electron chi connectivity index (χ4n) is 4.69. The number of hydrogen-bond acceptors (Lipinski definition) is 11. The molecule has 0 aliphatic heterocycles. The van der Waals surface area contributed by atoms with Crippen molar-refractivity contribution in [3.05, 3.63) is 96.6 Å². The summed E-state index contributed by atoms with van der Waals surface area (Å²) in [5.41, 5.74) is 1.27. The minimum atomic E-state index is -2.74. The van der Waals surface area contributed by atoms with E-state index < -0.39 is 107 Å². The van der Waals surface area contributed by atoms with Gasteiger partial charge in [0.2, 0.25) is 0 Å². The van der Waals surface area contributed by atoms with Crippen LogP contribution in [-0.2, 0) is 51.3 Å². The molecule has 3 rings (SSSR count). The van der Waals surface area contributed by atoms with Crippen LogP contribution in [0, 0.1) is 0 Å². The topological polar surface area (TPSA) is 102 Å². The van der Waals surface area contributed by atoms with Crippen molar-refractivity contribution < 1.29 is 45.3 Å². The Balaban J connectivity index is 1.46. The Hall–Kier alpha value is -0.177. The Morgan fingerprint density at radius 1 is 0.500 bits per heavy atom. The molecule has 3 aromatic rings. The maximum Gasteiger partial charge on any atom is 0.318 e. The maximum absolute atomic E-state index is 7.57. The fraction of sp³-hybridized carbons (Fsp3) is 0.217. The van der Waals surface area contributed by atoms with E-state index in [9.17, 15) is 0 Å². The van der Waals surface area contributed by atoms with Crippen LogP contribution >= 0.6 is 0 Å². The second kappa shape index (κ2) is 24.9. The number of hydrogen-bond donors (Lipinski definition) is 0. The van der Waals surface area contributed by atoms with Gasteiger partial charge >= 0.3 is 8.56 Å². The molecule has 0 radical (unpaired) electrons. The molecule has 11 nitrogen and oxygen atoms in total. The number of benzene rings is 3. The molecule has 0 amide bonds. The first-order valence-electron chi connectivity index (χ1n) is 15.3. The molecule has 0 aliphatic carbocycles. The summed E-state index contributed by atoms with van der Waals surface area (Å²) in [5.74, 6) is 0. The SMILES string of the molecule is CC[Si](CC)(O[SiH2]O[SiH2]O[SiH2]O[SiH2]O[SiH2]O[SiH2]O[SiH2]O[SiH2]O[SiH2]O[SiH3])O[Si](Cc1ccccc1)(c1ccccc1)c1ccccc1. The largest absolute Gasteiger partial charge is 0.449 e. The van der Waals surface area contributed by atoms with Crippen molar-refractivity contribution >= 4 is 128 Å². The molecule has 0 atom stereocenters. The molecule has 0 heterocycles. The summed E-state index contributed by atoms with van der Waals surface area (Å²) in [7, 11) is -13.9. The monoisotopic (exact) mass is 836 g/mol. The average molecular weight is 838 g/mol.